The van der Waals surface area contributed by atoms with E-state index < -0.39 is 6.03 Å². The first-order valence-corrected chi connectivity index (χ1v) is 8.31. The van der Waals surface area contributed by atoms with Gasteiger partial charge in [0.2, 0.25) is 0 Å². The van der Waals surface area contributed by atoms with Crippen LogP contribution in [0.5, 0.6) is 0 Å². The minimum atomic E-state index is -0.628. The summed E-state index contributed by atoms with van der Waals surface area (Å²) in [4.78, 5) is 25.4. The summed E-state index contributed by atoms with van der Waals surface area (Å²) in [6.07, 6.45) is 4.72. The molecular formula is C17H24N4O2. The molecule has 0 unspecified atom stereocenters. The molecule has 1 aliphatic heterocycles. The summed E-state index contributed by atoms with van der Waals surface area (Å²) >= 11 is 0. The van der Waals surface area contributed by atoms with Crippen LogP contribution in [0.15, 0.2) is 24.3 Å². The molecule has 2 fully saturated rings. The summed E-state index contributed by atoms with van der Waals surface area (Å²) < 4.78 is 0. The lowest BCUT2D eigenvalue weighted by Gasteiger charge is -2.32. The maximum absolute atomic E-state index is 12.6. The van der Waals surface area contributed by atoms with Crippen molar-refractivity contribution >= 4 is 17.6 Å². The van der Waals surface area contributed by atoms with E-state index >= 15 is 0 Å². The minimum Gasteiger partial charge on any atom is -0.351 e. The second-order valence-corrected chi connectivity index (χ2v) is 6.49. The predicted octanol–water partition coefficient (Wildman–Crippen LogP) is 1.78. The number of likely N-dealkylation sites (tertiary alicyclic amines) is 1. The second-order valence-electron chi connectivity index (χ2n) is 6.49. The molecule has 1 saturated carbocycles. The van der Waals surface area contributed by atoms with Crippen molar-refractivity contribution in [2.24, 2.45) is 11.7 Å². The Morgan fingerprint density at radius 1 is 1.17 bits per heavy atom. The lowest BCUT2D eigenvalue weighted by molar-refractivity contribution is 0.0705. The van der Waals surface area contributed by atoms with Gasteiger partial charge in [-0.25, -0.2) is 4.79 Å². The number of carbonyl (C=O) groups is 2. The topological polar surface area (TPSA) is 87.5 Å². The van der Waals surface area contributed by atoms with Crippen LogP contribution in [0.3, 0.4) is 0 Å². The van der Waals surface area contributed by atoms with Gasteiger partial charge in [-0.1, -0.05) is 6.07 Å². The largest absolute Gasteiger partial charge is 0.351 e. The van der Waals surface area contributed by atoms with E-state index in [9.17, 15) is 9.59 Å². The molecule has 0 spiro atoms. The number of piperidine rings is 1. The maximum atomic E-state index is 12.6. The van der Waals surface area contributed by atoms with E-state index in [1.54, 1.807) is 24.3 Å². The van der Waals surface area contributed by atoms with E-state index in [2.05, 4.69) is 10.6 Å². The number of benzene rings is 1. The highest BCUT2D eigenvalue weighted by atomic mass is 16.2. The van der Waals surface area contributed by atoms with Crippen molar-refractivity contribution in [1.82, 2.24) is 10.2 Å². The quantitative estimate of drug-likeness (QED) is 0.774. The average molecular weight is 316 g/mol. The van der Waals surface area contributed by atoms with Crippen molar-refractivity contribution in [1.29, 1.82) is 0 Å². The first-order valence-electron chi connectivity index (χ1n) is 8.31. The van der Waals surface area contributed by atoms with Gasteiger partial charge in [-0.2, -0.15) is 0 Å². The van der Waals surface area contributed by atoms with Crippen LogP contribution in [0, 0.1) is 5.92 Å². The van der Waals surface area contributed by atoms with Crippen molar-refractivity contribution in [2.45, 2.75) is 31.7 Å². The van der Waals surface area contributed by atoms with E-state index in [0.29, 0.717) is 17.3 Å². The molecule has 1 aromatic rings. The van der Waals surface area contributed by atoms with Crippen LogP contribution in [-0.4, -0.2) is 42.5 Å². The number of hydrogen-bond acceptors (Lipinski definition) is 3. The Kier molecular flexibility index (Phi) is 4.81. The average Bonchev–Trinajstić information content (AvgIpc) is 3.37. The Hall–Kier alpha value is -2.08. The lowest BCUT2D eigenvalue weighted by atomic mass is 10.0. The van der Waals surface area contributed by atoms with Crippen molar-refractivity contribution in [2.75, 3.05) is 25.0 Å². The third kappa shape index (κ3) is 4.45. The number of rotatable bonds is 5. The van der Waals surface area contributed by atoms with Crippen LogP contribution in [0.1, 0.15) is 36.0 Å². The van der Waals surface area contributed by atoms with Crippen molar-refractivity contribution in [3.8, 4) is 0 Å². The SMILES string of the molecule is NC(=O)Nc1cccc(C(=O)N2CCC(NCC3CC3)CC2)c1. The summed E-state index contributed by atoms with van der Waals surface area (Å²) in [7, 11) is 0. The molecule has 6 heteroatoms. The standard InChI is InChI=1S/C17H24N4O2/c18-17(23)20-15-3-1-2-13(10-15)16(22)21-8-6-14(7-9-21)19-11-12-4-5-12/h1-3,10,12,14,19H,4-9,11H2,(H3,18,20,23). The Morgan fingerprint density at radius 3 is 2.57 bits per heavy atom. The van der Waals surface area contributed by atoms with Gasteiger partial charge in [-0.05, 0) is 56.3 Å². The van der Waals surface area contributed by atoms with Gasteiger partial charge in [-0.15, -0.1) is 0 Å². The van der Waals surface area contributed by atoms with E-state index in [-0.39, 0.29) is 5.91 Å². The number of urea groups is 1. The number of hydrogen-bond donors (Lipinski definition) is 3. The molecule has 1 saturated heterocycles. The van der Waals surface area contributed by atoms with Crippen LogP contribution in [-0.2, 0) is 0 Å². The monoisotopic (exact) mass is 316 g/mol. The molecule has 3 amide bonds. The highest BCUT2D eigenvalue weighted by Crippen LogP contribution is 2.28. The minimum absolute atomic E-state index is 0.0127. The van der Waals surface area contributed by atoms with E-state index in [4.69, 9.17) is 5.73 Å². The number of nitrogens with one attached hydrogen (secondary N) is 2. The zero-order chi connectivity index (χ0) is 16.2. The molecule has 0 atom stereocenters. The molecule has 2 aliphatic rings. The molecule has 0 radical (unpaired) electrons. The van der Waals surface area contributed by atoms with Gasteiger partial charge in [0.15, 0.2) is 0 Å². The fourth-order valence-electron chi connectivity index (χ4n) is 3.00. The molecule has 23 heavy (non-hydrogen) atoms. The van der Waals surface area contributed by atoms with Crippen molar-refractivity contribution < 1.29 is 9.59 Å². The van der Waals surface area contributed by atoms with Gasteiger partial charge in [0, 0.05) is 30.4 Å². The summed E-state index contributed by atoms with van der Waals surface area (Å²) in [5.41, 5.74) is 6.24. The summed E-state index contributed by atoms with van der Waals surface area (Å²) in [6.45, 7) is 2.67. The molecule has 124 valence electrons. The number of primary amides is 1. The van der Waals surface area contributed by atoms with Gasteiger partial charge in [-0.3, -0.25) is 4.79 Å². The zero-order valence-electron chi connectivity index (χ0n) is 13.3. The van der Waals surface area contributed by atoms with E-state index in [0.717, 1.165) is 38.4 Å². The molecular weight excluding hydrogens is 292 g/mol. The van der Waals surface area contributed by atoms with Gasteiger partial charge in [0.05, 0.1) is 0 Å². The van der Waals surface area contributed by atoms with Crippen LogP contribution in [0.4, 0.5) is 10.5 Å². The van der Waals surface area contributed by atoms with Gasteiger partial charge in [0.1, 0.15) is 0 Å². The number of nitrogens with zero attached hydrogens (tertiary/aromatic N) is 1. The summed E-state index contributed by atoms with van der Waals surface area (Å²) in [6, 6.07) is 6.81. The smallest absolute Gasteiger partial charge is 0.316 e. The molecule has 6 nitrogen and oxygen atoms in total. The normalized spacial score (nSPS) is 18.7. The second kappa shape index (κ2) is 7.00. The molecule has 1 aliphatic carbocycles. The number of anilines is 1. The molecule has 0 bridgehead atoms. The highest BCUT2D eigenvalue weighted by Gasteiger charge is 2.26. The lowest BCUT2D eigenvalue weighted by Crippen LogP contribution is -2.45. The Labute approximate surface area is 136 Å². The highest BCUT2D eigenvalue weighted by molar-refractivity contribution is 5.96. The molecule has 1 heterocycles. The number of carbonyl (C=O) groups excluding carboxylic acids is 2. The zero-order valence-corrected chi connectivity index (χ0v) is 13.3. The first-order chi connectivity index (χ1) is 11.1. The van der Waals surface area contributed by atoms with E-state index in [1.165, 1.54) is 12.8 Å². The predicted molar refractivity (Wildman–Crippen MR) is 89.3 cm³/mol. The summed E-state index contributed by atoms with van der Waals surface area (Å²) in [5.74, 6) is 0.897. The number of nitrogens with two attached hydrogens (primary N) is 1. The van der Waals surface area contributed by atoms with Crippen LogP contribution >= 0.6 is 0 Å². The van der Waals surface area contributed by atoms with Crippen LogP contribution < -0.4 is 16.4 Å². The molecule has 0 aromatic heterocycles. The maximum Gasteiger partial charge on any atom is 0.316 e. The van der Waals surface area contributed by atoms with Gasteiger partial charge >= 0.3 is 6.03 Å². The fraction of sp³-hybridized carbons (Fsp3) is 0.529. The third-order valence-corrected chi connectivity index (χ3v) is 4.55. The molecule has 3 rings (SSSR count). The van der Waals surface area contributed by atoms with Gasteiger partial charge in [0.25, 0.3) is 5.91 Å². The Bertz CT molecular complexity index is 578. The number of amides is 3. The van der Waals surface area contributed by atoms with Crippen LogP contribution in [0.25, 0.3) is 0 Å². The third-order valence-electron chi connectivity index (χ3n) is 4.55. The van der Waals surface area contributed by atoms with E-state index in [1.807, 2.05) is 4.90 Å². The Morgan fingerprint density at radius 2 is 1.91 bits per heavy atom. The van der Waals surface area contributed by atoms with Crippen molar-refractivity contribution in [3.05, 3.63) is 29.8 Å². The Balaban J connectivity index is 1.53. The molecule has 1 aromatic carbocycles. The van der Waals surface area contributed by atoms with Crippen molar-refractivity contribution in [3.63, 3.8) is 0 Å². The fourth-order valence-corrected chi connectivity index (χ4v) is 3.00. The van der Waals surface area contributed by atoms with Gasteiger partial charge < -0.3 is 21.3 Å². The summed E-state index contributed by atoms with van der Waals surface area (Å²) in [5, 5.41) is 6.12. The van der Waals surface area contributed by atoms with Crippen LogP contribution in [0.2, 0.25) is 0 Å². The first kappa shape index (κ1) is 15.8. The molecule has 4 N–H and O–H groups in total.